The fraction of sp³-hybridized carbons (Fsp3) is 1.00. The zero-order valence-electron chi connectivity index (χ0n) is 6.36. The normalized spacial score (nSPS) is 12.7. The van der Waals surface area contributed by atoms with Crippen molar-refractivity contribution in [1.82, 2.24) is 0 Å². The van der Waals surface area contributed by atoms with Crippen LogP contribution in [0.5, 0.6) is 0 Å². The van der Waals surface area contributed by atoms with E-state index in [-0.39, 0.29) is 59.4 Å². The second-order valence-corrected chi connectivity index (χ2v) is 3.18. The molecule has 0 aliphatic heterocycles. The Bertz CT molecular complexity index is 28.5. The van der Waals surface area contributed by atoms with Gasteiger partial charge in [-0.15, -0.1) is 0 Å². The summed E-state index contributed by atoms with van der Waals surface area (Å²) < 4.78 is 0. The van der Waals surface area contributed by atoms with Crippen LogP contribution in [0.25, 0.3) is 0 Å². The fourth-order valence-electron chi connectivity index (χ4n) is 0. The third kappa shape index (κ3) is 348. The van der Waals surface area contributed by atoms with Crippen LogP contribution in [0.1, 0.15) is 117 Å². The molecule has 17 heavy (non-hydrogen) atoms. The molecule has 3 rings (SSSR count). The van der Waals surface area contributed by atoms with Crippen molar-refractivity contribution in [2.75, 3.05) is 0 Å². The van der Waals surface area contributed by atoms with E-state index in [1.54, 1.807) is 0 Å². The van der Waals surface area contributed by atoms with Gasteiger partial charge in [0.25, 0.3) is 0 Å². The van der Waals surface area contributed by atoms with Crippen LogP contribution >= 0.6 is 0 Å². The van der Waals surface area contributed by atoms with Gasteiger partial charge in [0.2, 0.25) is 0 Å². The third-order valence-electron chi connectivity index (χ3n) is 1.06. The molecule has 0 bridgehead atoms. The van der Waals surface area contributed by atoms with Crippen LogP contribution in [-0.4, -0.2) is 0 Å². The van der Waals surface area contributed by atoms with Gasteiger partial charge in [-0.3, -0.25) is 0 Å². The van der Waals surface area contributed by atoms with Gasteiger partial charge in [-0.1, -0.05) is 117 Å². The molecule has 0 atom stereocenters. The molecule has 118 valence electrons. The quantitative estimate of drug-likeness (QED) is 0.406. The van der Waals surface area contributed by atoms with E-state index in [9.17, 15) is 0 Å². The van der Waals surface area contributed by atoms with Gasteiger partial charge in [0.15, 0.2) is 0 Å². The summed E-state index contributed by atoms with van der Waals surface area (Å²) in [5, 5.41) is 0. The van der Waals surface area contributed by atoms with Gasteiger partial charge in [-0.2, -0.15) is 0 Å². The van der Waals surface area contributed by atoms with Crippen LogP contribution in [0.2, 0.25) is 0 Å². The maximum atomic E-state index is 1.50. The molecular formula is C17H50. The Balaban J connectivity index is -0.00000000964. The average molecular weight is 255 g/mol. The Morgan fingerprint density at radius 1 is 0.176 bits per heavy atom. The van der Waals surface area contributed by atoms with Crippen LogP contribution in [0.15, 0.2) is 0 Å². The van der Waals surface area contributed by atoms with Gasteiger partial charge in [-0.05, 0) is 0 Å². The molecule has 0 spiro atoms. The molecule has 0 heterocycles. The predicted octanol–water partition coefficient (Wildman–Crippen LogP) is 8.60. The Morgan fingerprint density at radius 3 is 0.235 bits per heavy atom. The van der Waals surface area contributed by atoms with E-state index < -0.39 is 0 Å². The molecule has 0 radical (unpaired) electrons. The number of rotatable bonds is 0. The monoisotopic (exact) mass is 254 g/mol. The highest BCUT2D eigenvalue weighted by Crippen LogP contribution is 2.15. The second kappa shape index (κ2) is 44.4. The standard InChI is InChI=1S/3C3H6.8CH4/c3*1-2-3-1;;;;;;;;/h3*1-3H2;8*1H4. The smallest absolute Gasteiger partial charge is 0.0533 e. The van der Waals surface area contributed by atoms with Crippen molar-refractivity contribution < 1.29 is 0 Å². The SMILES string of the molecule is C.C.C.C.C.C.C.C.C1CC1.C1CC1.C1CC1. The van der Waals surface area contributed by atoms with E-state index in [0.29, 0.717) is 0 Å². The molecule has 0 aromatic rings. The Kier molecular flexibility index (Phi) is 140. The molecule has 0 aromatic heterocycles. The van der Waals surface area contributed by atoms with Crippen molar-refractivity contribution in [1.29, 1.82) is 0 Å². The highest BCUT2D eigenvalue weighted by molar-refractivity contribution is 4.51. The Labute approximate surface area is 118 Å². The summed E-state index contributed by atoms with van der Waals surface area (Å²) in [7, 11) is 0. The Hall–Kier alpha value is 0. The van der Waals surface area contributed by atoms with Crippen LogP contribution in [0, 0.1) is 0 Å². The van der Waals surface area contributed by atoms with Gasteiger partial charge < -0.3 is 0 Å². The lowest BCUT2D eigenvalue weighted by atomic mass is 11.0. The molecule has 0 aromatic carbocycles. The first-order chi connectivity index (χ1) is 4.50. The first kappa shape index (κ1) is 53.7. The van der Waals surface area contributed by atoms with Crippen molar-refractivity contribution >= 4 is 0 Å². The molecule has 0 nitrogen and oxygen atoms in total. The summed E-state index contributed by atoms with van der Waals surface area (Å²) in [6, 6.07) is 0. The maximum Gasteiger partial charge on any atom is -0.0533 e. The highest BCUT2D eigenvalue weighted by Gasteiger charge is 1.95. The minimum atomic E-state index is 0. The van der Waals surface area contributed by atoms with Crippen LogP contribution in [-0.2, 0) is 0 Å². The van der Waals surface area contributed by atoms with Crippen molar-refractivity contribution in [2.24, 2.45) is 0 Å². The van der Waals surface area contributed by atoms with Gasteiger partial charge in [0.1, 0.15) is 0 Å². The number of hydrogen-bond donors (Lipinski definition) is 0. The van der Waals surface area contributed by atoms with E-state index in [1.807, 2.05) is 0 Å². The molecule has 0 unspecified atom stereocenters. The van der Waals surface area contributed by atoms with E-state index in [4.69, 9.17) is 0 Å². The molecule has 3 aliphatic carbocycles. The molecule has 3 saturated carbocycles. The lowest BCUT2D eigenvalue weighted by Crippen LogP contribution is -0.856. The molecule has 3 fully saturated rings. The minimum Gasteiger partial charge on any atom is -0.0776 e. The summed E-state index contributed by atoms with van der Waals surface area (Å²) in [5.41, 5.74) is 0. The lowest BCUT2D eigenvalue weighted by molar-refractivity contribution is 1.50. The average Bonchev–Trinajstić information content (AvgIpc) is 2.70. The zero-order chi connectivity index (χ0) is 6.36. The van der Waals surface area contributed by atoms with Gasteiger partial charge in [0.05, 0.1) is 0 Å². The lowest BCUT2D eigenvalue weighted by Gasteiger charge is -1.05. The van der Waals surface area contributed by atoms with Gasteiger partial charge in [-0.25, -0.2) is 0 Å². The van der Waals surface area contributed by atoms with Crippen molar-refractivity contribution in [3.05, 3.63) is 0 Å². The third-order valence-corrected chi connectivity index (χ3v) is 1.06. The van der Waals surface area contributed by atoms with E-state index in [0.717, 1.165) is 0 Å². The minimum absolute atomic E-state index is 0. The van der Waals surface area contributed by atoms with E-state index in [2.05, 4.69) is 0 Å². The first-order valence-corrected chi connectivity index (χ1v) is 4.50. The highest BCUT2D eigenvalue weighted by atomic mass is 14.0. The first-order valence-electron chi connectivity index (χ1n) is 4.50. The van der Waals surface area contributed by atoms with Crippen LogP contribution in [0.4, 0.5) is 0 Å². The van der Waals surface area contributed by atoms with Crippen molar-refractivity contribution in [3.63, 3.8) is 0 Å². The fourth-order valence-corrected chi connectivity index (χ4v) is 0. The molecule has 3 aliphatic rings. The van der Waals surface area contributed by atoms with Gasteiger partial charge >= 0.3 is 0 Å². The summed E-state index contributed by atoms with van der Waals surface area (Å²) in [6.45, 7) is 0. The zero-order valence-corrected chi connectivity index (χ0v) is 6.36. The molecule has 0 N–H and O–H groups in total. The van der Waals surface area contributed by atoms with Crippen LogP contribution < -0.4 is 0 Å². The largest absolute Gasteiger partial charge is 0.0776 e. The molecule has 0 heteroatoms. The summed E-state index contributed by atoms with van der Waals surface area (Å²) in [4.78, 5) is 0. The number of hydrogen-bond acceptors (Lipinski definition) is 0. The van der Waals surface area contributed by atoms with Gasteiger partial charge in [0, 0.05) is 0 Å². The van der Waals surface area contributed by atoms with Crippen molar-refractivity contribution in [3.8, 4) is 0 Å². The second-order valence-electron chi connectivity index (χ2n) is 3.18. The molecule has 0 amide bonds. The van der Waals surface area contributed by atoms with E-state index >= 15 is 0 Å². The van der Waals surface area contributed by atoms with Crippen molar-refractivity contribution in [2.45, 2.75) is 117 Å². The van der Waals surface area contributed by atoms with Crippen LogP contribution in [0.3, 0.4) is 0 Å². The topological polar surface area (TPSA) is 0 Å². The summed E-state index contributed by atoms with van der Waals surface area (Å²) >= 11 is 0. The predicted molar refractivity (Wildman–Crippen MR) is 95.4 cm³/mol. The molecular weight excluding hydrogens is 204 g/mol. The Morgan fingerprint density at radius 2 is 0.235 bits per heavy atom. The summed E-state index contributed by atoms with van der Waals surface area (Å²) in [5.74, 6) is 0. The van der Waals surface area contributed by atoms with E-state index in [1.165, 1.54) is 57.8 Å². The maximum absolute atomic E-state index is 1.50. The summed E-state index contributed by atoms with van der Waals surface area (Å²) in [6.07, 6.45) is 13.5. The molecule has 0 saturated heterocycles.